The zero-order chi connectivity index (χ0) is 24.7. The molecule has 0 bridgehead atoms. The van der Waals surface area contributed by atoms with Crippen molar-refractivity contribution >= 4 is 28.5 Å². The van der Waals surface area contributed by atoms with E-state index in [0.717, 1.165) is 51.7 Å². The molecule has 4 rings (SSSR count). The van der Waals surface area contributed by atoms with E-state index in [0.29, 0.717) is 12.3 Å². The number of aliphatic hydroxyl groups excluding tert-OH is 1. The number of carbonyl (C=O) groups excluding carboxylic acids is 1. The number of nitrogens with zero attached hydrogens (tertiary/aromatic N) is 1. The maximum Gasteiger partial charge on any atom is 0.309 e. The number of esters is 1. The Balaban J connectivity index is 0.00000158. The predicted octanol–water partition coefficient (Wildman–Crippen LogP) is 6.70. The van der Waals surface area contributed by atoms with Crippen LogP contribution >= 0.6 is 0 Å². The normalized spacial score (nSPS) is 21.0. The van der Waals surface area contributed by atoms with Crippen molar-refractivity contribution in [2.75, 3.05) is 6.67 Å². The summed E-state index contributed by atoms with van der Waals surface area (Å²) in [6.07, 6.45) is 10.4. The van der Waals surface area contributed by atoms with E-state index in [-0.39, 0.29) is 6.42 Å². The van der Waals surface area contributed by atoms with Crippen molar-refractivity contribution < 1.29 is 19.0 Å². The van der Waals surface area contributed by atoms with Crippen LogP contribution in [0.2, 0.25) is 0 Å². The Hall–Kier alpha value is -3.05. The molecule has 1 aliphatic carbocycles. The molecule has 2 heterocycles. The van der Waals surface area contributed by atoms with E-state index in [4.69, 9.17) is 9.72 Å². The van der Waals surface area contributed by atoms with Gasteiger partial charge in [0.15, 0.2) is 0 Å². The van der Waals surface area contributed by atoms with E-state index in [1.54, 1.807) is 6.08 Å². The Labute approximate surface area is 201 Å². The SMILES string of the molecule is C=C(C)/C=C(\C=C/CF)c1c(/C=C/C2CC(O)CC(=O)O2)c(C2CC2)nc2ccccc12.CC. The standard InChI is InChI=1S/C27H28FNO3.C2H6/c1-17(2)14-19(6-5-13-28)26-22-7-3-4-8-24(22)29-27(18-9-10-18)23(26)12-11-21-15-20(30)16-25(31)32-21;1-2/h3-8,11-12,14,18,20-21,30H,1,9-10,13,15-16H2,2H3;1-2H3/b6-5-,12-11+,19-14+;. The summed E-state index contributed by atoms with van der Waals surface area (Å²) in [6, 6.07) is 7.95. The number of fused-ring (bicyclic) bond motifs is 1. The van der Waals surface area contributed by atoms with Crippen molar-refractivity contribution in [3.63, 3.8) is 0 Å². The molecule has 34 heavy (non-hydrogen) atoms. The van der Waals surface area contributed by atoms with Crippen molar-refractivity contribution in [1.29, 1.82) is 0 Å². The molecule has 0 spiro atoms. The van der Waals surface area contributed by atoms with Crippen LogP contribution in [-0.4, -0.2) is 34.9 Å². The van der Waals surface area contributed by atoms with Gasteiger partial charge in [0, 0.05) is 28.9 Å². The fourth-order valence-corrected chi connectivity index (χ4v) is 4.16. The number of rotatable bonds is 7. The number of carbonyl (C=O) groups is 1. The number of aromatic nitrogens is 1. The van der Waals surface area contributed by atoms with Gasteiger partial charge < -0.3 is 9.84 Å². The summed E-state index contributed by atoms with van der Waals surface area (Å²) in [5.41, 5.74) is 5.51. The molecule has 2 aliphatic rings. The average molecular weight is 464 g/mol. The lowest BCUT2D eigenvalue weighted by atomic mass is 9.90. The molecule has 2 atom stereocenters. The molecule has 0 radical (unpaired) electrons. The quantitative estimate of drug-likeness (QED) is 0.366. The van der Waals surface area contributed by atoms with Gasteiger partial charge in [0.1, 0.15) is 12.8 Å². The van der Waals surface area contributed by atoms with Crippen LogP contribution in [0.1, 0.15) is 69.2 Å². The highest BCUT2D eigenvalue weighted by Gasteiger charge is 2.30. The van der Waals surface area contributed by atoms with Gasteiger partial charge in [0.05, 0.1) is 23.7 Å². The van der Waals surface area contributed by atoms with Crippen molar-refractivity contribution in [3.8, 4) is 0 Å². The Kier molecular flexibility index (Phi) is 8.94. The molecule has 2 unspecified atom stereocenters. The molecule has 1 saturated heterocycles. The van der Waals surface area contributed by atoms with Crippen LogP contribution in [0, 0.1) is 0 Å². The third kappa shape index (κ3) is 6.29. The van der Waals surface area contributed by atoms with Gasteiger partial charge in [0.2, 0.25) is 0 Å². The van der Waals surface area contributed by atoms with Gasteiger partial charge in [0.25, 0.3) is 0 Å². The van der Waals surface area contributed by atoms with Crippen molar-refractivity contribution in [2.45, 2.75) is 64.6 Å². The highest BCUT2D eigenvalue weighted by molar-refractivity contribution is 5.99. The molecule has 1 N–H and O–H groups in total. The lowest BCUT2D eigenvalue weighted by molar-refractivity contribution is -0.156. The Morgan fingerprint density at radius 2 is 2.03 bits per heavy atom. The number of pyridine rings is 1. The van der Waals surface area contributed by atoms with Crippen LogP contribution in [-0.2, 0) is 9.53 Å². The molecule has 0 amide bonds. The van der Waals surface area contributed by atoms with Crippen LogP contribution in [0.15, 0.2) is 60.7 Å². The monoisotopic (exact) mass is 463 g/mol. The smallest absolute Gasteiger partial charge is 0.309 e. The first kappa shape index (κ1) is 25.6. The minimum atomic E-state index is -0.700. The summed E-state index contributed by atoms with van der Waals surface area (Å²) < 4.78 is 18.5. The van der Waals surface area contributed by atoms with E-state index in [1.165, 1.54) is 6.08 Å². The molecule has 2 aromatic rings. The minimum Gasteiger partial charge on any atom is -0.458 e. The molecule has 4 nitrogen and oxygen atoms in total. The Morgan fingerprint density at radius 3 is 2.68 bits per heavy atom. The fourth-order valence-electron chi connectivity index (χ4n) is 4.16. The van der Waals surface area contributed by atoms with Crippen LogP contribution in [0.3, 0.4) is 0 Å². The number of aliphatic hydroxyl groups is 1. The molecule has 1 saturated carbocycles. The summed E-state index contributed by atoms with van der Waals surface area (Å²) in [5, 5.41) is 10.9. The largest absolute Gasteiger partial charge is 0.458 e. The number of cyclic esters (lactones) is 1. The van der Waals surface area contributed by atoms with Gasteiger partial charge in [-0.3, -0.25) is 9.78 Å². The number of benzene rings is 1. The molecule has 1 aliphatic heterocycles. The minimum absolute atomic E-state index is 0.0277. The van der Waals surface area contributed by atoms with Crippen molar-refractivity contribution in [2.24, 2.45) is 0 Å². The van der Waals surface area contributed by atoms with Gasteiger partial charge in [-0.1, -0.05) is 68.5 Å². The number of ether oxygens (including phenoxy) is 1. The van der Waals surface area contributed by atoms with E-state index in [9.17, 15) is 14.3 Å². The Morgan fingerprint density at radius 1 is 1.29 bits per heavy atom. The molecule has 5 heteroatoms. The third-order valence-corrected chi connectivity index (χ3v) is 5.67. The molecule has 2 fully saturated rings. The predicted molar refractivity (Wildman–Crippen MR) is 137 cm³/mol. The van der Waals surface area contributed by atoms with Crippen LogP contribution in [0.4, 0.5) is 4.39 Å². The first-order chi connectivity index (χ1) is 16.5. The summed E-state index contributed by atoms with van der Waals surface area (Å²) >= 11 is 0. The molecular weight excluding hydrogens is 429 g/mol. The van der Waals surface area contributed by atoms with Gasteiger partial charge in [-0.05, 0) is 37.5 Å². The zero-order valence-corrected chi connectivity index (χ0v) is 20.3. The average Bonchev–Trinajstić information content (AvgIpc) is 3.65. The number of para-hydroxylation sites is 1. The number of allylic oxidation sites excluding steroid dienone is 5. The lowest BCUT2D eigenvalue weighted by Gasteiger charge is -2.24. The van der Waals surface area contributed by atoms with Gasteiger partial charge >= 0.3 is 5.97 Å². The van der Waals surface area contributed by atoms with Gasteiger partial charge in [-0.15, -0.1) is 0 Å². The zero-order valence-electron chi connectivity index (χ0n) is 20.3. The second kappa shape index (κ2) is 11.9. The molecular formula is C29H34FNO3. The van der Waals surface area contributed by atoms with E-state index in [2.05, 4.69) is 6.58 Å². The maximum absolute atomic E-state index is 13.1. The van der Waals surface area contributed by atoms with E-state index < -0.39 is 24.9 Å². The van der Waals surface area contributed by atoms with Crippen LogP contribution < -0.4 is 0 Å². The fraction of sp³-hybridized carbons (Fsp3) is 0.379. The first-order valence-electron chi connectivity index (χ1n) is 12.0. The number of halogens is 1. The second-order valence-corrected chi connectivity index (χ2v) is 8.56. The number of alkyl halides is 1. The summed E-state index contributed by atoms with van der Waals surface area (Å²) in [4.78, 5) is 16.8. The number of hydrogen-bond donors (Lipinski definition) is 1. The summed E-state index contributed by atoms with van der Waals surface area (Å²) in [5.74, 6) is -0.0276. The molecule has 180 valence electrons. The highest BCUT2D eigenvalue weighted by atomic mass is 19.1. The summed E-state index contributed by atoms with van der Waals surface area (Å²) in [7, 11) is 0. The van der Waals surface area contributed by atoms with Crippen molar-refractivity contribution in [1.82, 2.24) is 4.98 Å². The van der Waals surface area contributed by atoms with E-state index in [1.807, 2.05) is 63.3 Å². The molecule has 1 aromatic carbocycles. The van der Waals surface area contributed by atoms with Gasteiger partial charge in [-0.2, -0.15) is 0 Å². The lowest BCUT2D eigenvalue weighted by Crippen LogP contribution is -2.31. The van der Waals surface area contributed by atoms with Crippen molar-refractivity contribution in [3.05, 3.63) is 77.5 Å². The van der Waals surface area contributed by atoms with Gasteiger partial charge in [-0.25, -0.2) is 4.39 Å². The Bertz CT molecular complexity index is 1130. The van der Waals surface area contributed by atoms with Crippen LogP contribution in [0.5, 0.6) is 0 Å². The second-order valence-electron chi connectivity index (χ2n) is 8.56. The first-order valence-corrected chi connectivity index (χ1v) is 12.0. The third-order valence-electron chi connectivity index (χ3n) is 5.67. The maximum atomic E-state index is 13.1. The topological polar surface area (TPSA) is 59.4 Å². The number of hydrogen-bond acceptors (Lipinski definition) is 4. The highest BCUT2D eigenvalue weighted by Crippen LogP contribution is 2.44. The molecule has 1 aromatic heterocycles. The van der Waals surface area contributed by atoms with E-state index >= 15 is 0 Å². The summed E-state index contributed by atoms with van der Waals surface area (Å²) in [6.45, 7) is 9.37. The van der Waals surface area contributed by atoms with Crippen LogP contribution in [0.25, 0.3) is 22.6 Å².